The summed E-state index contributed by atoms with van der Waals surface area (Å²) in [4.78, 5) is 20.1. The molecule has 1 aliphatic carbocycles. The zero-order chi connectivity index (χ0) is 22.3. The minimum Gasteiger partial charge on any atom is -0.369 e. The van der Waals surface area contributed by atoms with Crippen LogP contribution in [-0.2, 0) is 10.3 Å². The number of allylic oxidation sites excluding steroid dienone is 1. The number of carbonyl (C=O) groups is 1. The van der Waals surface area contributed by atoms with Gasteiger partial charge in [-0.05, 0) is 36.3 Å². The molecule has 4 rings (SSSR count). The average Bonchev–Trinajstić information content (AvgIpc) is 3.10. The highest BCUT2D eigenvalue weighted by Crippen LogP contribution is 2.39. The molecule has 164 valence electrons. The van der Waals surface area contributed by atoms with Crippen LogP contribution < -0.4 is 10.9 Å². The van der Waals surface area contributed by atoms with E-state index >= 15 is 0 Å². The maximum atomic E-state index is 13.7. The van der Waals surface area contributed by atoms with Crippen LogP contribution in [0.1, 0.15) is 44.2 Å². The Morgan fingerprint density at radius 1 is 1.00 bits per heavy atom. The van der Waals surface area contributed by atoms with Gasteiger partial charge in [0.1, 0.15) is 0 Å². The Labute approximate surface area is 189 Å². The van der Waals surface area contributed by atoms with E-state index in [-0.39, 0.29) is 11.9 Å². The van der Waals surface area contributed by atoms with Crippen LogP contribution in [0.25, 0.3) is 0 Å². The molecule has 1 amide bonds. The van der Waals surface area contributed by atoms with Crippen molar-refractivity contribution in [3.63, 3.8) is 0 Å². The number of benzene rings is 2. The fourth-order valence-electron chi connectivity index (χ4n) is 4.20. The maximum Gasteiger partial charge on any atom is 0.266 e. The lowest BCUT2D eigenvalue weighted by atomic mass is 9.82. The number of hydrogen-bond acceptors (Lipinski definition) is 5. The standard InChI is InChI=1S/C23H26N4OS.C2H6/c24-22-26-23(18-7-3-1-4-8-18,19-9-5-2-6-10-19)21(28)27(22)16-15-17-11-13-20(29-25)14-12-17;1-2/h1-11,13,17,20H,12,14-16,25H2,(H2,24,26);1-2H3. The third kappa shape index (κ3) is 4.70. The molecule has 4 N–H and O–H groups in total. The second kappa shape index (κ2) is 10.6. The van der Waals surface area contributed by atoms with Gasteiger partial charge in [-0.25, -0.2) is 4.99 Å². The molecule has 1 aliphatic heterocycles. The van der Waals surface area contributed by atoms with Gasteiger partial charge in [0.05, 0.1) is 0 Å². The van der Waals surface area contributed by atoms with Gasteiger partial charge in [-0.3, -0.25) is 14.8 Å². The van der Waals surface area contributed by atoms with E-state index in [0.29, 0.717) is 17.7 Å². The third-order valence-corrected chi connectivity index (χ3v) is 6.56. The predicted octanol–water partition coefficient (Wildman–Crippen LogP) is 4.45. The van der Waals surface area contributed by atoms with Crippen LogP contribution in [0.3, 0.4) is 0 Å². The number of rotatable bonds is 6. The van der Waals surface area contributed by atoms with Crippen molar-refractivity contribution >= 4 is 23.8 Å². The number of guanidine groups is 1. The number of amides is 1. The molecule has 0 saturated carbocycles. The largest absolute Gasteiger partial charge is 0.369 e. The third-order valence-electron chi connectivity index (χ3n) is 5.81. The first-order valence-electron chi connectivity index (χ1n) is 11.0. The summed E-state index contributed by atoms with van der Waals surface area (Å²) in [6.45, 7) is 4.56. The molecule has 2 aromatic carbocycles. The van der Waals surface area contributed by atoms with Crippen LogP contribution >= 0.6 is 11.9 Å². The summed E-state index contributed by atoms with van der Waals surface area (Å²) in [7, 11) is 0. The number of carbonyl (C=O) groups excluding carboxylic acids is 1. The summed E-state index contributed by atoms with van der Waals surface area (Å²) in [5, 5.41) is 6.08. The highest BCUT2D eigenvalue weighted by molar-refractivity contribution is 7.97. The van der Waals surface area contributed by atoms with E-state index in [1.165, 1.54) is 11.9 Å². The number of aliphatic imine (C=N–C) groups is 1. The van der Waals surface area contributed by atoms with Gasteiger partial charge in [-0.1, -0.05) is 98.6 Å². The van der Waals surface area contributed by atoms with Gasteiger partial charge >= 0.3 is 0 Å². The molecule has 2 aromatic rings. The normalized spacial score (nSPS) is 22.0. The SMILES string of the molecule is CC.NSC1C=CC(CCN2C(=O)C(c3ccccc3)(c3ccccc3)N=C2N)CC1. The van der Waals surface area contributed by atoms with Gasteiger partial charge < -0.3 is 5.73 Å². The highest BCUT2D eigenvalue weighted by atomic mass is 32.2. The van der Waals surface area contributed by atoms with Gasteiger partial charge in [0.2, 0.25) is 0 Å². The number of nitrogens with zero attached hydrogens (tertiary/aromatic N) is 2. The molecule has 1 heterocycles. The van der Waals surface area contributed by atoms with Crippen LogP contribution in [0.4, 0.5) is 0 Å². The van der Waals surface area contributed by atoms with E-state index in [1.807, 2.05) is 74.5 Å². The molecule has 0 fully saturated rings. The Morgan fingerprint density at radius 3 is 2.06 bits per heavy atom. The van der Waals surface area contributed by atoms with Crippen molar-refractivity contribution in [2.24, 2.45) is 21.8 Å². The van der Waals surface area contributed by atoms with Crippen molar-refractivity contribution in [3.05, 3.63) is 83.9 Å². The molecular weight excluding hydrogens is 404 g/mol. The van der Waals surface area contributed by atoms with Gasteiger partial charge in [-0.2, -0.15) is 0 Å². The number of nitrogens with two attached hydrogens (primary N) is 2. The zero-order valence-corrected chi connectivity index (χ0v) is 19.1. The van der Waals surface area contributed by atoms with Crippen LogP contribution in [0.2, 0.25) is 0 Å². The smallest absolute Gasteiger partial charge is 0.266 e. The fraction of sp³-hybridized carbons (Fsp3) is 0.360. The van der Waals surface area contributed by atoms with Crippen molar-refractivity contribution in [2.75, 3.05) is 6.54 Å². The van der Waals surface area contributed by atoms with E-state index in [2.05, 4.69) is 12.2 Å². The van der Waals surface area contributed by atoms with E-state index in [4.69, 9.17) is 15.9 Å². The first-order valence-corrected chi connectivity index (χ1v) is 11.9. The highest BCUT2D eigenvalue weighted by Gasteiger charge is 2.50. The molecular formula is C25H32N4OS. The minimum absolute atomic E-state index is 0.0809. The van der Waals surface area contributed by atoms with Gasteiger partial charge in [0, 0.05) is 11.8 Å². The predicted molar refractivity (Wildman–Crippen MR) is 130 cm³/mol. The topological polar surface area (TPSA) is 84.7 Å². The van der Waals surface area contributed by atoms with E-state index in [1.54, 1.807) is 4.90 Å². The molecule has 0 saturated heterocycles. The minimum atomic E-state index is -1.11. The molecule has 5 nitrogen and oxygen atoms in total. The molecule has 0 bridgehead atoms. The Hall–Kier alpha value is -2.57. The quantitative estimate of drug-likeness (QED) is 0.518. The Balaban J connectivity index is 0.00000132. The van der Waals surface area contributed by atoms with Gasteiger partial charge in [0.25, 0.3) is 5.91 Å². The second-order valence-corrected chi connectivity index (χ2v) is 8.43. The Morgan fingerprint density at radius 2 is 1.58 bits per heavy atom. The van der Waals surface area contributed by atoms with Crippen LogP contribution in [-0.4, -0.2) is 28.6 Å². The molecule has 0 spiro atoms. The fourth-order valence-corrected chi connectivity index (χ4v) is 4.65. The van der Waals surface area contributed by atoms with E-state index in [9.17, 15) is 4.79 Å². The molecule has 31 heavy (non-hydrogen) atoms. The molecule has 2 unspecified atom stereocenters. The monoisotopic (exact) mass is 436 g/mol. The van der Waals surface area contributed by atoms with Crippen molar-refractivity contribution in [1.29, 1.82) is 0 Å². The molecule has 0 aromatic heterocycles. The van der Waals surface area contributed by atoms with Gasteiger partial charge in [0.15, 0.2) is 11.5 Å². The molecule has 0 radical (unpaired) electrons. The summed E-state index contributed by atoms with van der Waals surface area (Å²) in [5.74, 6) is 0.642. The lowest BCUT2D eigenvalue weighted by Crippen LogP contribution is -2.44. The van der Waals surface area contributed by atoms with Crippen molar-refractivity contribution in [2.45, 2.75) is 43.9 Å². The molecule has 6 heteroatoms. The van der Waals surface area contributed by atoms with Gasteiger partial charge in [-0.15, -0.1) is 0 Å². The summed E-state index contributed by atoms with van der Waals surface area (Å²) in [5.41, 5.74) is 6.85. The van der Waals surface area contributed by atoms with Crippen LogP contribution in [0.5, 0.6) is 0 Å². The second-order valence-electron chi connectivity index (χ2n) is 7.55. The summed E-state index contributed by atoms with van der Waals surface area (Å²) < 4.78 is 0. The van der Waals surface area contributed by atoms with E-state index in [0.717, 1.165) is 30.4 Å². The lowest BCUT2D eigenvalue weighted by Gasteiger charge is -2.28. The van der Waals surface area contributed by atoms with Crippen molar-refractivity contribution in [3.8, 4) is 0 Å². The van der Waals surface area contributed by atoms with Crippen LogP contribution in [0.15, 0.2) is 77.8 Å². The Bertz CT molecular complexity index is 874. The summed E-state index contributed by atoms with van der Waals surface area (Å²) >= 11 is 1.40. The summed E-state index contributed by atoms with van der Waals surface area (Å²) in [6.07, 6.45) is 7.41. The lowest BCUT2D eigenvalue weighted by molar-refractivity contribution is -0.130. The van der Waals surface area contributed by atoms with Crippen molar-refractivity contribution in [1.82, 2.24) is 4.90 Å². The number of hydrogen-bond donors (Lipinski definition) is 2. The maximum absolute atomic E-state index is 13.7. The molecule has 2 aliphatic rings. The average molecular weight is 437 g/mol. The first-order chi connectivity index (χ1) is 15.1. The van der Waals surface area contributed by atoms with Crippen LogP contribution in [0, 0.1) is 5.92 Å². The van der Waals surface area contributed by atoms with Crippen molar-refractivity contribution < 1.29 is 4.79 Å². The molecule has 2 atom stereocenters. The summed E-state index contributed by atoms with van der Waals surface area (Å²) in [6, 6.07) is 19.4. The first kappa shape index (κ1) is 23.1. The zero-order valence-electron chi connectivity index (χ0n) is 18.3. The van der Waals surface area contributed by atoms with E-state index < -0.39 is 5.54 Å². The Kier molecular flexibility index (Phi) is 7.93.